The summed E-state index contributed by atoms with van der Waals surface area (Å²) in [6.45, 7) is 0. The number of halogens is 12. The summed E-state index contributed by atoms with van der Waals surface area (Å²) in [5.41, 5.74) is 7.32. The molecule has 1 aromatic rings. The van der Waals surface area contributed by atoms with Gasteiger partial charge in [0.15, 0.2) is 8.67 Å². The predicted octanol–water partition coefficient (Wildman–Crippen LogP) is 8.13. The van der Waals surface area contributed by atoms with Crippen LogP contribution in [0.15, 0.2) is 12.1 Å². The quantitative estimate of drug-likeness (QED) is 0.163. The van der Waals surface area contributed by atoms with Crippen molar-refractivity contribution in [2.24, 2.45) is 11.8 Å². The topological polar surface area (TPSA) is 46.2 Å². The smallest absolute Gasteiger partial charge is 0.160 e. The molecule has 0 saturated heterocycles. The fourth-order valence-corrected chi connectivity index (χ4v) is 14.5. The van der Waals surface area contributed by atoms with Crippen LogP contribution >= 0.6 is 139 Å². The molecule has 3 N–H and O–H groups in total. The third-order valence-corrected chi connectivity index (χ3v) is 18.3. The molecule has 6 rings (SSSR count). The molecule has 5 aliphatic rings. The van der Waals surface area contributed by atoms with E-state index in [1.165, 1.54) is 6.07 Å². The average Bonchev–Trinajstić information content (AvgIpc) is 3.09. The van der Waals surface area contributed by atoms with Gasteiger partial charge in [-0.2, -0.15) is 0 Å². The first kappa shape index (κ1) is 26.5. The Morgan fingerprint density at radius 2 is 0.912 bits per heavy atom. The van der Waals surface area contributed by atoms with Gasteiger partial charge in [0.1, 0.15) is 25.2 Å². The summed E-state index contributed by atoms with van der Waals surface area (Å²) >= 11 is 84.1. The molecular weight excluding hydrogens is 696 g/mol. The lowest BCUT2D eigenvalue weighted by molar-refractivity contribution is 0.140. The fourth-order valence-electron chi connectivity index (χ4n) is 7.61. The number of hydrogen-bond acceptors (Lipinski definition) is 2. The van der Waals surface area contributed by atoms with Crippen LogP contribution in [0.25, 0.3) is 0 Å². The highest BCUT2D eigenvalue weighted by Gasteiger charge is 2.94. The van der Waals surface area contributed by atoms with Gasteiger partial charge in [-0.05, 0) is 35.1 Å². The van der Waals surface area contributed by atoms with Crippen LogP contribution in [0.2, 0.25) is 0 Å². The molecule has 14 heteroatoms. The Bertz CT molecular complexity index is 1060. The summed E-state index contributed by atoms with van der Waals surface area (Å²) < 4.78 is -3.66. The third kappa shape index (κ3) is 2.24. The molecule has 0 aliphatic heterocycles. The summed E-state index contributed by atoms with van der Waals surface area (Å²) in [6.07, 6.45) is 0. The van der Waals surface area contributed by atoms with Crippen molar-refractivity contribution < 1.29 is 5.11 Å². The lowest BCUT2D eigenvalue weighted by Crippen LogP contribution is -2.62. The van der Waals surface area contributed by atoms with Crippen LogP contribution in [-0.4, -0.2) is 54.8 Å². The van der Waals surface area contributed by atoms with Crippen molar-refractivity contribution in [1.82, 2.24) is 0 Å². The maximum atomic E-state index is 10.6. The second-order valence-corrected chi connectivity index (χ2v) is 16.9. The highest BCUT2D eigenvalue weighted by molar-refractivity contribution is 6.64. The summed E-state index contributed by atoms with van der Waals surface area (Å²) in [4.78, 5) is -6.32. The van der Waals surface area contributed by atoms with Gasteiger partial charge in [0.25, 0.3) is 0 Å². The van der Waals surface area contributed by atoms with E-state index in [1.807, 2.05) is 0 Å². The van der Waals surface area contributed by atoms with Crippen LogP contribution in [-0.2, 0) is 0 Å². The first-order valence-electron chi connectivity index (χ1n) is 10.1. The number of rotatable bonds is 0. The molecular formula is C20H13Cl12NO. The van der Waals surface area contributed by atoms with E-state index in [9.17, 15) is 5.11 Å². The molecule has 188 valence electrons. The summed E-state index contributed by atoms with van der Waals surface area (Å²) in [6, 6.07) is 3.07. The molecule has 0 radical (unpaired) electrons. The summed E-state index contributed by atoms with van der Waals surface area (Å²) in [5, 5.41) is 6.73. The van der Waals surface area contributed by atoms with E-state index >= 15 is 0 Å². The molecule has 4 fully saturated rings. The van der Waals surface area contributed by atoms with Crippen LogP contribution in [0.4, 0.5) is 5.69 Å². The first-order valence-corrected chi connectivity index (χ1v) is 14.9. The van der Waals surface area contributed by atoms with Gasteiger partial charge in [0.2, 0.25) is 0 Å². The van der Waals surface area contributed by atoms with E-state index in [-0.39, 0.29) is 11.4 Å². The van der Waals surface area contributed by atoms with Crippen molar-refractivity contribution >= 4 is 145 Å². The van der Waals surface area contributed by atoms with Gasteiger partial charge in [-0.25, -0.2) is 0 Å². The van der Waals surface area contributed by atoms with Crippen LogP contribution < -0.4 is 5.73 Å². The van der Waals surface area contributed by atoms with Gasteiger partial charge in [-0.1, -0.05) is 46.4 Å². The second-order valence-electron chi connectivity index (χ2n) is 9.87. The number of alkyl halides is 12. The van der Waals surface area contributed by atoms with Crippen LogP contribution in [0.5, 0.6) is 5.75 Å². The number of fused-ring (bicyclic) bond motifs is 14. The Morgan fingerprint density at radius 3 is 1.29 bits per heavy atom. The van der Waals surface area contributed by atoms with E-state index < -0.39 is 73.3 Å². The maximum Gasteiger partial charge on any atom is 0.160 e. The van der Waals surface area contributed by atoms with Gasteiger partial charge >= 0.3 is 0 Å². The molecule has 5 aliphatic carbocycles. The molecule has 0 aromatic heterocycles. The van der Waals surface area contributed by atoms with E-state index in [0.29, 0.717) is 11.1 Å². The Labute approximate surface area is 255 Å². The van der Waals surface area contributed by atoms with Gasteiger partial charge in [-0.3, -0.25) is 0 Å². The molecule has 12 atom stereocenters. The zero-order valence-corrected chi connectivity index (χ0v) is 25.4. The normalized spacial score (nSPS) is 57.4. The number of phenols is 1. The van der Waals surface area contributed by atoms with Crippen LogP contribution in [0, 0.1) is 11.8 Å². The number of aromatic hydroxyl groups is 1. The molecule has 4 bridgehead atoms. The number of nitrogens with two attached hydrogens (primary N) is 1. The van der Waals surface area contributed by atoms with Crippen molar-refractivity contribution in [3.8, 4) is 5.75 Å². The minimum atomic E-state index is -1.83. The molecule has 0 spiro atoms. The highest BCUT2D eigenvalue weighted by atomic mass is 35.5. The zero-order chi connectivity index (χ0) is 25.3. The maximum absolute atomic E-state index is 10.6. The van der Waals surface area contributed by atoms with Crippen molar-refractivity contribution in [3.05, 3.63) is 23.3 Å². The van der Waals surface area contributed by atoms with Gasteiger partial charge in [-0.15, -0.1) is 92.8 Å². The molecule has 34 heavy (non-hydrogen) atoms. The van der Waals surface area contributed by atoms with Crippen LogP contribution in [0.1, 0.15) is 23.0 Å². The van der Waals surface area contributed by atoms with Crippen molar-refractivity contribution in [2.75, 3.05) is 5.73 Å². The molecule has 0 unspecified atom stereocenters. The van der Waals surface area contributed by atoms with E-state index in [1.54, 1.807) is 6.07 Å². The molecule has 2 nitrogen and oxygen atoms in total. The van der Waals surface area contributed by atoms with E-state index in [2.05, 4.69) is 0 Å². The number of anilines is 1. The van der Waals surface area contributed by atoms with E-state index in [0.717, 1.165) is 0 Å². The van der Waals surface area contributed by atoms with Crippen molar-refractivity contribution in [3.63, 3.8) is 0 Å². The minimum Gasteiger partial charge on any atom is -0.506 e. The van der Waals surface area contributed by atoms with Crippen molar-refractivity contribution in [2.45, 2.75) is 61.5 Å². The molecule has 4 saturated carbocycles. The van der Waals surface area contributed by atoms with Gasteiger partial charge < -0.3 is 10.8 Å². The Balaban J connectivity index is 1.76. The lowest BCUT2D eigenvalue weighted by atomic mass is 9.55. The second kappa shape index (κ2) is 7.13. The summed E-state index contributed by atoms with van der Waals surface area (Å²) in [7, 11) is 0. The Hall–Kier alpha value is 2.30. The largest absolute Gasteiger partial charge is 0.506 e. The highest BCUT2D eigenvalue weighted by Crippen LogP contribution is 2.87. The molecule has 0 amide bonds. The monoisotopic (exact) mass is 703 g/mol. The SMILES string of the molecule is Nc1cc2c(cc1O)[C@@H]1[C@H]([C@@H]3[C@@H]2[C@@]2(Cl)[C@H](Cl)[C@H](Cl)[C@@]3(Cl)C2(Cl)Cl)[C@@]2(Cl)[C@H](Cl)[C@H](Cl)[C@@]1(Cl)C2(Cl)Cl. The standard InChI is InChI=1S/C20H13Cl12NO/c21-11-13(23)17(27)9-7(15(11,25)19(17,29)30)3-1-5(33)6(34)2-4(3)8-10(9)18(28)14(24)12(22)16(8,26)20(18,31)32/h1-2,7-14,34H,33H2/t7-,8-,9+,10-,11-,12+,13+,14-,15-,16-,17-,18-/m1/s1. The van der Waals surface area contributed by atoms with Gasteiger partial charge in [0.05, 0.1) is 27.2 Å². The number of benzene rings is 1. The fraction of sp³-hybridized carbons (Fsp3) is 0.700. The molecule has 0 heterocycles. The summed E-state index contributed by atoms with van der Waals surface area (Å²) in [5.74, 6) is -3.12. The number of phenolic OH excluding ortho intramolecular Hbond substituents is 1. The lowest BCUT2D eigenvalue weighted by Gasteiger charge is -2.56. The average molecular weight is 709 g/mol. The first-order chi connectivity index (χ1) is 15.4. The zero-order valence-electron chi connectivity index (χ0n) is 16.3. The van der Waals surface area contributed by atoms with Crippen molar-refractivity contribution in [1.29, 1.82) is 0 Å². The predicted molar refractivity (Wildman–Crippen MR) is 147 cm³/mol. The Morgan fingerprint density at radius 1 is 0.588 bits per heavy atom. The third-order valence-electron chi connectivity index (χ3n) is 8.93. The Kier molecular flexibility index (Phi) is 5.56. The van der Waals surface area contributed by atoms with Crippen LogP contribution in [0.3, 0.4) is 0 Å². The molecule has 1 aromatic carbocycles. The van der Waals surface area contributed by atoms with E-state index in [4.69, 9.17) is 145 Å². The minimum absolute atomic E-state index is 0.0962. The number of hydrogen-bond donors (Lipinski definition) is 2. The van der Waals surface area contributed by atoms with Gasteiger partial charge in [0, 0.05) is 11.8 Å². The number of nitrogen functional groups attached to an aromatic ring is 1.